The van der Waals surface area contributed by atoms with Crippen LogP contribution in [0.25, 0.3) is 0 Å². The van der Waals surface area contributed by atoms with Crippen molar-refractivity contribution in [3.63, 3.8) is 0 Å². The SMILES string of the molecule is CC(=O)OCCCCCCCCCc1ccccc1C(=O)c1cccs1. The normalized spacial score (nSPS) is 10.7. The zero-order chi connectivity index (χ0) is 18.6. The second-order valence-electron chi connectivity index (χ2n) is 6.53. The molecule has 2 aromatic rings. The Morgan fingerprint density at radius 1 is 0.885 bits per heavy atom. The fourth-order valence-electron chi connectivity index (χ4n) is 3.02. The van der Waals surface area contributed by atoms with Gasteiger partial charge in [0.15, 0.2) is 0 Å². The molecule has 26 heavy (non-hydrogen) atoms. The Hall–Kier alpha value is -1.94. The van der Waals surface area contributed by atoms with E-state index in [0.717, 1.165) is 41.7 Å². The highest BCUT2D eigenvalue weighted by Crippen LogP contribution is 2.20. The molecule has 0 fully saturated rings. The summed E-state index contributed by atoms with van der Waals surface area (Å²) in [5.41, 5.74) is 2.01. The van der Waals surface area contributed by atoms with Crippen LogP contribution >= 0.6 is 11.3 Å². The van der Waals surface area contributed by atoms with Gasteiger partial charge in [-0.2, -0.15) is 0 Å². The first-order chi connectivity index (χ1) is 12.7. The largest absolute Gasteiger partial charge is 0.466 e. The van der Waals surface area contributed by atoms with E-state index in [-0.39, 0.29) is 11.8 Å². The zero-order valence-electron chi connectivity index (χ0n) is 15.5. The molecule has 0 N–H and O–H groups in total. The van der Waals surface area contributed by atoms with E-state index in [9.17, 15) is 9.59 Å². The van der Waals surface area contributed by atoms with E-state index in [1.54, 1.807) is 0 Å². The molecule has 0 amide bonds. The van der Waals surface area contributed by atoms with E-state index in [2.05, 4.69) is 6.07 Å². The van der Waals surface area contributed by atoms with Crippen molar-refractivity contribution >= 4 is 23.1 Å². The smallest absolute Gasteiger partial charge is 0.302 e. The number of hydrogen-bond donors (Lipinski definition) is 0. The molecule has 2 rings (SSSR count). The molecule has 4 heteroatoms. The lowest BCUT2D eigenvalue weighted by atomic mass is 9.97. The van der Waals surface area contributed by atoms with Gasteiger partial charge >= 0.3 is 5.97 Å². The fraction of sp³-hybridized carbons (Fsp3) is 0.455. The van der Waals surface area contributed by atoms with Crippen molar-refractivity contribution in [2.45, 2.75) is 58.3 Å². The van der Waals surface area contributed by atoms with Crippen molar-refractivity contribution in [3.8, 4) is 0 Å². The molecule has 0 unspecified atom stereocenters. The molecule has 0 aliphatic rings. The molecule has 1 aromatic carbocycles. The summed E-state index contributed by atoms with van der Waals surface area (Å²) in [6.45, 7) is 2.00. The standard InChI is InChI=1S/C22H28O3S/c1-18(23)25-16-10-6-4-2-3-5-7-12-19-13-8-9-14-20(19)22(24)21-15-11-17-26-21/h8-9,11,13-15,17H,2-7,10,12,16H2,1H3. The quantitative estimate of drug-likeness (QED) is 0.268. The Labute approximate surface area is 160 Å². The number of rotatable bonds is 12. The summed E-state index contributed by atoms with van der Waals surface area (Å²) < 4.78 is 4.93. The number of ketones is 1. The van der Waals surface area contributed by atoms with Crippen LogP contribution in [-0.2, 0) is 16.0 Å². The Balaban J connectivity index is 1.64. The number of carbonyl (C=O) groups is 2. The van der Waals surface area contributed by atoms with Gasteiger partial charge in [-0.15, -0.1) is 11.3 Å². The van der Waals surface area contributed by atoms with Crippen molar-refractivity contribution in [1.29, 1.82) is 0 Å². The summed E-state index contributed by atoms with van der Waals surface area (Å²) in [7, 11) is 0. The zero-order valence-corrected chi connectivity index (χ0v) is 16.4. The number of carbonyl (C=O) groups excluding carboxylic acids is 2. The number of benzene rings is 1. The van der Waals surface area contributed by atoms with Gasteiger partial charge in [-0.3, -0.25) is 9.59 Å². The maximum Gasteiger partial charge on any atom is 0.302 e. The Kier molecular flexibility index (Phi) is 9.11. The maximum atomic E-state index is 12.6. The second kappa shape index (κ2) is 11.6. The van der Waals surface area contributed by atoms with Gasteiger partial charge in [0.2, 0.25) is 5.78 Å². The van der Waals surface area contributed by atoms with E-state index < -0.39 is 0 Å². The van der Waals surface area contributed by atoms with Crippen LogP contribution in [0.15, 0.2) is 41.8 Å². The van der Waals surface area contributed by atoms with Crippen LogP contribution < -0.4 is 0 Å². The molecule has 0 saturated carbocycles. The van der Waals surface area contributed by atoms with Gasteiger partial charge in [0.25, 0.3) is 0 Å². The molecule has 1 heterocycles. The van der Waals surface area contributed by atoms with Gasteiger partial charge in [0, 0.05) is 12.5 Å². The van der Waals surface area contributed by atoms with E-state index in [1.165, 1.54) is 43.9 Å². The molecule has 0 bridgehead atoms. The molecule has 0 atom stereocenters. The van der Waals surface area contributed by atoms with E-state index in [0.29, 0.717) is 6.61 Å². The number of esters is 1. The third-order valence-electron chi connectivity index (χ3n) is 4.40. The van der Waals surface area contributed by atoms with Gasteiger partial charge in [-0.25, -0.2) is 0 Å². The van der Waals surface area contributed by atoms with Crippen molar-refractivity contribution in [2.24, 2.45) is 0 Å². The first kappa shape index (κ1) is 20.4. The first-order valence-electron chi connectivity index (χ1n) is 9.48. The number of thiophene rings is 1. The number of ether oxygens (including phenoxy) is 1. The topological polar surface area (TPSA) is 43.4 Å². The average molecular weight is 373 g/mol. The highest BCUT2D eigenvalue weighted by atomic mass is 32.1. The van der Waals surface area contributed by atoms with Crippen molar-refractivity contribution in [2.75, 3.05) is 6.61 Å². The molecule has 0 spiro atoms. The van der Waals surface area contributed by atoms with Gasteiger partial charge in [-0.1, -0.05) is 62.4 Å². The summed E-state index contributed by atoms with van der Waals surface area (Å²) >= 11 is 1.50. The third-order valence-corrected chi connectivity index (χ3v) is 5.27. The van der Waals surface area contributed by atoms with Gasteiger partial charge in [-0.05, 0) is 36.3 Å². The summed E-state index contributed by atoms with van der Waals surface area (Å²) in [4.78, 5) is 24.1. The lowest BCUT2D eigenvalue weighted by Gasteiger charge is -2.08. The van der Waals surface area contributed by atoms with Crippen LogP contribution in [0.3, 0.4) is 0 Å². The average Bonchev–Trinajstić information content (AvgIpc) is 3.17. The third kappa shape index (κ3) is 7.12. The fourth-order valence-corrected chi connectivity index (χ4v) is 3.70. The highest BCUT2D eigenvalue weighted by Gasteiger charge is 2.13. The first-order valence-corrected chi connectivity index (χ1v) is 10.4. The summed E-state index contributed by atoms with van der Waals surface area (Å²) in [5, 5.41) is 1.95. The van der Waals surface area contributed by atoms with Crippen LogP contribution in [0.4, 0.5) is 0 Å². The Bertz CT molecular complexity index is 676. The molecule has 3 nitrogen and oxygen atoms in total. The van der Waals surface area contributed by atoms with Gasteiger partial charge in [0.05, 0.1) is 11.5 Å². The minimum atomic E-state index is -0.192. The molecular weight excluding hydrogens is 344 g/mol. The molecule has 0 aliphatic heterocycles. The van der Waals surface area contributed by atoms with Crippen LogP contribution in [-0.4, -0.2) is 18.4 Å². The number of hydrogen-bond acceptors (Lipinski definition) is 4. The van der Waals surface area contributed by atoms with Gasteiger partial charge in [0.1, 0.15) is 0 Å². The predicted molar refractivity (Wildman–Crippen MR) is 107 cm³/mol. The van der Waals surface area contributed by atoms with Gasteiger partial charge < -0.3 is 4.74 Å². The summed E-state index contributed by atoms with van der Waals surface area (Å²) in [5.74, 6) is -0.0498. The van der Waals surface area contributed by atoms with E-state index >= 15 is 0 Å². The Morgan fingerprint density at radius 2 is 1.58 bits per heavy atom. The van der Waals surface area contributed by atoms with Crippen molar-refractivity contribution in [1.82, 2.24) is 0 Å². The summed E-state index contributed by atoms with van der Waals surface area (Å²) in [6.07, 6.45) is 8.95. The molecule has 1 aromatic heterocycles. The van der Waals surface area contributed by atoms with E-state index in [4.69, 9.17) is 4.74 Å². The Morgan fingerprint density at radius 3 is 2.27 bits per heavy atom. The lowest BCUT2D eigenvalue weighted by Crippen LogP contribution is -2.03. The van der Waals surface area contributed by atoms with Crippen LogP contribution in [0.1, 0.15) is 72.7 Å². The highest BCUT2D eigenvalue weighted by molar-refractivity contribution is 7.12. The minimum Gasteiger partial charge on any atom is -0.466 e. The van der Waals surface area contributed by atoms with Crippen LogP contribution in [0, 0.1) is 0 Å². The molecule has 0 saturated heterocycles. The molecule has 140 valence electrons. The molecule has 0 radical (unpaired) electrons. The van der Waals surface area contributed by atoms with Crippen molar-refractivity contribution in [3.05, 3.63) is 57.8 Å². The summed E-state index contributed by atoms with van der Waals surface area (Å²) in [6, 6.07) is 11.8. The van der Waals surface area contributed by atoms with Crippen LogP contribution in [0.2, 0.25) is 0 Å². The predicted octanol–water partition coefficient (Wildman–Crippen LogP) is 5.82. The van der Waals surface area contributed by atoms with Crippen molar-refractivity contribution < 1.29 is 14.3 Å². The number of aryl methyl sites for hydroxylation is 1. The minimum absolute atomic E-state index is 0.142. The lowest BCUT2D eigenvalue weighted by molar-refractivity contribution is -0.141. The molecule has 0 aliphatic carbocycles. The molecular formula is C22H28O3S. The van der Waals surface area contributed by atoms with Crippen LogP contribution in [0.5, 0.6) is 0 Å². The van der Waals surface area contributed by atoms with E-state index in [1.807, 2.05) is 35.7 Å². The second-order valence-corrected chi connectivity index (χ2v) is 7.48. The maximum absolute atomic E-state index is 12.6. The number of unbranched alkanes of at least 4 members (excludes halogenated alkanes) is 6. The monoisotopic (exact) mass is 372 g/mol.